The molecule has 0 aliphatic rings. The molecule has 78 valence electrons. The predicted octanol–water partition coefficient (Wildman–Crippen LogP) is 2.74. The largest absolute Gasteiger partial charge is 0.469 e. The highest BCUT2D eigenvalue weighted by molar-refractivity contribution is 5.72. The van der Waals surface area contributed by atoms with Crippen LogP contribution < -0.4 is 0 Å². The zero-order valence-electron chi connectivity index (χ0n) is 9.33. The summed E-state index contributed by atoms with van der Waals surface area (Å²) in [6.07, 6.45) is 0.364. The number of hydrogen-bond acceptors (Lipinski definition) is 2. The highest BCUT2D eigenvalue weighted by Crippen LogP contribution is 2.07. The average Bonchev–Trinajstić information content (AvgIpc) is 2.24. The van der Waals surface area contributed by atoms with E-state index in [1.165, 1.54) is 7.11 Å². The molecule has 0 heterocycles. The van der Waals surface area contributed by atoms with Crippen LogP contribution in [0, 0.1) is 6.92 Å². The van der Waals surface area contributed by atoms with Crippen molar-refractivity contribution < 1.29 is 9.53 Å². The van der Waals surface area contributed by atoms with E-state index in [1.807, 2.05) is 45.0 Å². The van der Waals surface area contributed by atoms with Gasteiger partial charge in [-0.15, -0.1) is 0 Å². The van der Waals surface area contributed by atoms with Gasteiger partial charge in [0.25, 0.3) is 0 Å². The van der Waals surface area contributed by atoms with E-state index in [4.69, 9.17) is 0 Å². The Morgan fingerprint density at radius 3 is 2.36 bits per heavy atom. The van der Waals surface area contributed by atoms with Crippen LogP contribution in [-0.4, -0.2) is 13.1 Å². The molecule has 0 saturated carbocycles. The Morgan fingerprint density at radius 1 is 1.29 bits per heavy atom. The summed E-state index contributed by atoms with van der Waals surface area (Å²) in [5.74, 6) is -0.190. The fraction of sp³-hybridized carbons (Fsp3) is 0.417. The van der Waals surface area contributed by atoms with Crippen LogP contribution in [0.2, 0.25) is 0 Å². The van der Waals surface area contributed by atoms with Gasteiger partial charge in [-0.3, -0.25) is 4.79 Å². The number of ether oxygens (including phenoxy) is 1. The maximum Gasteiger partial charge on any atom is 0.309 e. The first-order valence-electron chi connectivity index (χ1n) is 4.85. The average molecular weight is 194 g/mol. The second kappa shape index (κ2) is 7.13. The minimum Gasteiger partial charge on any atom is -0.469 e. The zero-order valence-corrected chi connectivity index (χ0v) is 9.33. The topological polar surface area (TPSA) is 26.3 Å². The predicted molar refractivity (Wildman–Crippen MR) is 58.2 cm³/mol. The minimum absolute atomic E-state index is 0.190. The van der Waals surface area contributed by atoms with E-state index in [1.54, 1.807) is 0 Å². The molecule has 1 aromatic rings. The minimum atomic E-state index is -0.190. The number of methoxy groups -OCH3 is 1. The SMILES string of the molecule is CC.COC(=O)Cc1ccccc1C. The number of aryl methyl sites for hydroxylation is 1. The third-order valence-electron chi connectivity index (χ3n) is 1.82. The van der Waals surface area contributed by atoms with Crippen molar-refractivity contribution in [2.24, 2.45) is 0 Å². The van der Waals surface area contributed by atoms with Crippen molar-refractivity contribution in [1.29, 1.82) is 0 Å². The summed E-state index contributed by atoms with van der Waals surface area (Å²) in [6, 6.07) is 7.80. The number of rotatable bonds is 2. The lowest BCUT2D eigenvalue weighted by Crippen LogP contribution is -2.05. The van der Waals surface area contributed by atoms with Crippen molar-refractivity contribution in [3.8, 4) is 0 Å². The second-order valence-electron chi connectivity index (χ2n) is 2.68. The Bertz CT molecular complexity index is 279. The third-order valence-corrected chi connectivity index (χ3v) is 1.82. The fourth-order valence-electron chi connectivity index (χ4n) is 1.04. The van der Waals surface area contributed by atoms with Crippen LogP contribution in [-0.2, 0) is 16.0 Å². The van der Waals surface area contributed by atoms with Crippen molar-refractivity contribution in [2.45, 2.75) is 27.2 Å². The monoisotopic (exact) mass is 194 g/mol. The van der Waals surface area contributed by atoms with Gasteiger partial charge in [0, 0.05) is 0 Å². The van der Waals surface area contributed by atoms with Gasteiger partial charge in [-0.05, 0) is 18.1 Å². The summed E-state index contributed by atoms with van der Waals surface area (Å²) in [7, 11) is 1.40. The van der Waals surface area contributed by atoms with Gasteiger partial charge in [0.2, 0.25) is 0 Å². The van der Waals surface area contributed by atoms with E-state index < -0.39 is 0 Å². The molecular formula is C12H18O2. The molecule has 1 aromatic carbocycles. The number of esters is 1. The molecule has 0 aromatic heterocycles. The quantitative estimate of drug-likeness (QED) is 0.677. The first-order chi connectivity index (χ1) is 6.74. The molecule has 0 fully saturated rings. The van der Waals surface area contributed by atoms with Crippen LogP contribution in [0.3, 0.4) is 0 Å². The van der Waals surface area contributed by atoms with E-state index in [9.17, 15) is 4.79 Å². The summed E-state index contributed by atoms with van der Waals surface area (Å²) in [5, 5.41) is 0. The Hall–Kier alpha value is -1.31. The van der Waals surface area contributed by atoms with Crippen molar-refractivity contribution >= 4 is 5.97 Å². The Kier molecular flexibility index (Phi) is 6.46. The number of carbonyl (C=O) groups excluding carboxylic acids is 1. The van der Waals surface area contributed by atoms with Crippen LogP contribution in [0.5, 0.6) is 0 Å². The maximum atomic E-state index is 10.9. The number of benzene rings is 1. The van der Waals surface area contributed by atoms with Crippen molar-refractivity contribution in [2.75, 3.05) is 7.11 Å². The molecule has 0 bridgehead atoms. The molecule has 0 unspecified atom stereocenters. The van der Waals surface area contributed by atoms with E-state index >= 15 is 0 Å². The van der Waals surface area contributed by atoms with Gasteiger partial charge in [0.15, 0.2) is 0 Å². The van der Waals surface area contributed by atoms with E-state index in [2.05, 4.69) is 4.74 Å². The molecule has 1 rings (SSSR count). The summed E-state index contributed by atoms with van der Waals surface area (Å²) in [5.41, 5.74) is 2.16. The van der Waals surface area contributed by atoms with Gasteiger partial charge in [0.1, 0.15) is 0 Å². The van der Waals surface area contributed by atoms with Gasteiger partial charge >= 0.3 is 5.97 Å². The second-order valence-corrected chi connectivity index (χ2v) is 2.68. The lowest BCUT2D eigenvalue weighted by molar-refractivity contribution is -0.139. The van der Waals surface area contributed by atoms with Gasteiger partial charge in [-0.2, -0.15) is 0 Å². The van der Waals surface area contributed by atoms with E-state index in [0.717, 1.165) is 11.1 Å². The first-order valence-corrected chi connectivity index (χ1v) is 4.85. The maximum absolute atomic E-state index is 10.9. The molecule has 0 N–H and O–H groups in total. The summed E-state index contributed by atoms with van der Waals surface area (Å²) in [4.78, 5) is 10.9. The summed E-state index contributed by atoms with van der Waals surface area (Å²) < 4.78 is 4.57. The zero-order chi connectivity index (χ0) is 11.0. The van der Waals surface area contributed by atoms with Crippen LogP contribution in [0.4, 0.5) is 0 Å². The molecule has 0 radical (unpaired) electrons. The molecule has 2 nitrogen and oxygen atoms in total. The first kappa shape index (κ1) is 12.7. The number of hydrogen-bond donors (Lipinski definition) is 0. The standard InChI is InChI=1S/C10H12O2.C2H6/c1-8-5-3-4-6-9(8)7-10(11)12-2;1-2/h3-6H,7H2,1-2H3;1-2H3. The molecule has 14 heavy (non-hydrogen) atoms. The molecule has 0 spiro atoms. The molecule has 0 aliphatic carbocycles. The van der Waals surface area contributed by atoms with Crippen LogP contribution in [0.15, 0.2) is 24.3 Å². The number of carbonyl (C=O) groups is 1. The van der Waals surface area contributed by atoms with E-state index in [0.29, 0.717) is 6.42 Å². The normalized spacial score (nSPS) is 8.57. The van der Waals surface area contributed by atoms with Gasteiger partial charge < -0.3 is 4.74 Å². The lowest BCUT2D eigenvalue weighted by atomic mass is 10.1. The molecule has 2 heteroatoms. The fourth-order valence-corrected chi connectivity index (χ4v) is 1.04. The van der Waals surface area contributed by atoms with Crippen LogP contribution in [0.25, 0.3) is 0 Å². The molecule has 0 atom stereocenters. The van der Waals surface area contributed by atoms with Gasteiger partial charge in [0.05, 0.1) is 13.5 Å². The van der Waals surface area contributed by atoms with E-state index in [-0.39, 0.29) is 5.97 Å². The highest BCUT2D eigenvalue weighted by Gasteiger charge is 2.03. The highest BCUT2D eigenvalue weighted by atomic mass is 16.5. The van der Waals surface area contributed by atoms with Crippen LogP contribution >= 0.6 is 0 Å². The molecule has 0 saturated heterocycles. The Morgan fingerprint density at radius 2 is 1.86 bits per heavy atom. The summed E-state index contributed by atoms with van der Waals surface area (Å²) >= 11 is 0. The van der Waals surface area contributed by atoms with Crippen molar-refractivity contribution in [3.63, 3.8) is 0 Å². The molecular weight excluding hydrogens is 176 g/mol. The van der Waals surface area contributed by atoms with Crippen molar-refractivity contribution in [1.82, 2.24) is 0 Å². The Labute approximate surface area is 85.9 Å². The van der Waals surface area contributed by atoms with Gasteiger partial charge in [-0.1, -0.05) is 38.1 Å². The summed E-state index contributed by atoms with van der Waals surface area (Å²) in [6.45, 7) is 5.98. The lowest BCUT2D eigenvalue weighted by Gasteiger charge is -2.02. The molecule has 0 amide bonds. The Balaban J connectivity index is 0.000000791. The van der Waals surface area contributed by atoms with Gasteiger partial charge in [-0.25, -0.2) is 0 Å². The third kappa shape index (κ3) is 4.08. The smallest absolute Gasteiger partial charge is 0.309 e. The van der Waals surface area contributed by atoms with Crippen molar-refractivity contribution in [3.05, 3.63) is 35.4 Å². The van der Waals surface area contributed by atoms with Crippen LogP contribution in [0.1, 0.15) is 25.0 Å². The molecule has 0 aliphatic heterocycles.